The van der Waals surface area contributed by atoms with Crippen LogP contribution in [0.2, 0.25) is 0 Å². The number of halogens is 1. The van der Waals surface area contributed by atoms with Gasteiger partial charge in [0.15, 0.2) is 0 Å². The molecule has 1 aromatic carbocycles. The number of carbonyl (C=O) groups is 1. The van der Waals surface area contributed by atoms with E-state index in [-0.39, 0.29) is 24.1 Å². The van der Waals surface area contributed by atoms with Crippen molar-refractivity contribution in [3.63, 3.8) is 0 Å². The van der Waals surface area contributed by atoms with Crippen LogP contribution in [0.25, 0.3) is 0 Å². The Balaban J connectivity index is 2.20. The van der Waals surface area contributed by atoms with Gasteiger partial charge < -0.3 is 10.6 Å². The van der Waals surface area contributed by atoms with Crippen molar-refractivity contribution in [3.05, 3.63) is 35.1 Å². The smallest absolute Gasteiger partial charge is 0.254 e. The fourth-order valence-electron chi connectivity index (χ4n) is 2.46. The molecular formula is C16H19FN2O. The average Bonchev–Trinajstić information content (AvgIpc) is 2.46. The average molecular weight is 274 g/mol. The van der Waals surface area contributed by atoms with Gasteiger partial charge in [-0.05, 0) is 44.4 Å². The lowest BCUT2D eigenvalue weighted by molar-refractivity contribution is 0.0635. The van der Waals surface area contributed by atoms with Gasteiger partial charge >= 0.3 is 0 Å². The van der Waals surface area contributed by atoms with Crippen molar-refractivity contribution in [3.8, 4) is 11.8 Å². The summed E-state index contributed by atoms with van der Waals surface area (Å²) < 4.78 is 13.9. The van der Waals surface area contributed by atoms with Gasteiger partial charge in [-0.3, -0.25) is 4.79 Å². The third-order valence-electron chi connectivity index (χ3n) is 3.60. The summed E-state index contributed by atoms with van der Waals surface area (Å²) in [4.78, 5) is 14.2. The number of rotatable bonds is 1. The quantitative estimate of drug-likeness (QED) is 0.798. The SMILES string of the molecule is CC1CCCCN1C(=O)c1ccc(C#CCN)c(F)c1. The molecule has 0 bridgehead atoms. The molecule has 1 aliphatic heterocycles. The minimum absolute atomic E-state index is 0.102. The summed E-state index contributed by atoms with van der Waals surface area (Å²) in [5.74, 6) is 4.69. The highest BCUT2D eigenvalue weighted by Gasteiger charge is 2.24. The van der Waals surface area contributed by atoms with E-state index in [2.05, 4.69) is 11.8 Å². The maximum Gasteiger partial charge on any atom is 0.254 e. The molecule has 1 heterocycles. The van der Waals surface area contributed by atoms with Crippen LogP contribution in [-0.2, 0) is 0 Å². The van der Waals surface area contributed by atoms with Crippen molar-refractivity contribution in [2.45, 2.75) is 32.2 Å². The van der Waals surface area contributed by atoms with Gasteiger partial charge in [-0.25, -0.2) is 4.39 Å². The molecule has 1 fully saturated rings. The lowest BCUT2D eigenvalue weighted by atomic mass is 10.0. The van der Waals surface area contributed by atoms with E-state index < -0.39 is 5.82 Å². The highest BCUT2D eigenvalue weighted by Crippen LogP contribution is 2.20. The molecule has 0 aliphatic carbocycles. The molecule has 1 amide bonds. The Morgan fingerprint density at radius 2 is 2.30 bits per heavy atom. The zero-order chi connectivity index (χ0) is 14.5. The van der Waals surface area contributed by atoms with Crippen LogP contribution >= 0.6 is 0 Å². The molecule has 1 aromatic rings. The van der Waals surface area contributed by atoms with Gasteiger partial charge in [-0.15, -0.1) is 0 Å². The molecule has 0 radical (unpaired) electrons. The van der Waals surface area contributed by atoms with Crippen LogP contribution in [0.15, 0.2) is 18.2 Å². The molecule has 3 nitrogen and oxygen atoms in total. The third-order valence-corrected chi connectivity index (χ3v) is 3.60. The number of nitrogens with two attached hydrogens (primary N) is 1. The van der Waals surface area contributed by atoms with E-state index in [4.69, 9.17) is 5.73 Å². The van der Waals surface area contributed by atoms with Crippen LogP contribution < -0.4 is 5.73 Å². The Bertz CT molecular complexity index is 559. The second-order valence-corrected chi connectivity index (χ2v) is 5.04. The summed E-state index contributed by atoms with van der Waals surface area (Å²) in [5, 5.41) is 0. The van der Waals surface area contributed by atoms with Crippen LogP contribution in [0.1, 0.15) is 42.1 Å². The fraction of sp³-hybridized carbons (Fsp3) is 0.438. The number of nitrogens with zero attached hydrogens (tertiary/aromatic N) is 1. The maximum absolute atomic E-state index is 13.9. The van der Waals surface area contributed by atoms with Gasteiger partial charge in [-0.2, -0.15) is 0 Å². The fourth-order valence-corrected chi connectivity index (χ4v) is 2.46. The van der Waals surface area contributed by atoms with Gasteiger partial charge in [0.2, 0.25) is 0 Å². The monoisotopic (exact) mass is 274 g/mol. The van der Waals surface area contributed by atoms with E-state index in [1.807, 2.05) is 11.8 Å². The minimum atomic E-state index is -0.471. The Hall–Kier alpha value is -1.86. The number of carbonyl (C=O) groups excluding carboxylic acids is 1. The van der Waals surface area contributed by atoms with Gasteiger partial charge in [0.05, 0.1) is 12.1 Å². The molecule has 1 unspecified atom stereocenters. The van der Waals surface area contributed by atoms with Crippen LogP contribution in [0, 0.1) is 17.7 Å². The van der Waals surface area contributed by atoms with Crippen LogP contribution in [0.5, 0.6) is 0 Å². The second kappa shape index (κ2) is 6.53. The summed E-state index contributed by atoms with van der Waals surface area (Å²) in [6.07, 6.45) is 3.17. The predicted molar refractivity (Wildman–Crippen MR) is 76.7 cm³/mol. The van der Waals surface area contributed by atoms with Crippen LogP contribution in [0.3, 0.4) is 0 Å². The van der Waals surface area contributed by atoms with E-state index in [1.165, 1.54) is 6.07 Å². The van der Waals surface area contributed by atoms with Crippen LogP contribution in [0.4, 0.5) is 4.39 Å². The topological polar surface area (TPSA) is 46.3 Å². The molecule has 2 N–H and O–H groups in total. The number of benzene rings is 1. The van der Waals surface area contributed by atoms with Crippen molar-refractivity contribution < 1.29 is 9.18 Å². The third kappa shape index (κ3) is 3.17. The molecule has 4 heteroatoms. The summed E-state index contributed by atoms with van der Waals surface area (Å²) in [5.41, 5.74) is 5.92. The van der Waals surface area contributed by atoms with Crippen molar-refractivity contribution in [1.29, 1.82) is 0 Å². The summed E-state index contributed by atoms with van der Waals surface area (Å²) >= 11 is 0. The maximum atomic E-state index is 13.9. The summed E-state index contributed by atoms with van der Waals surface area (Å²) in [7, 11) is 0. The van der Waals surface area contributed by atoms with Crippen molar-refractivity contribution >= 4 is 5.91 Å². The minimum Gasteiger partial charge on any atom is -0.336 e. The van der Waals surface area contributed by atoms with E-state index in [0.717, 1.165) is 25.8 Å². The number of amides is 1. The Morgan fingerprint density at radius 1 is 1.50 bits per heavy atom. The van der Waals surface area contributed by atoms with Crippen LogP contribution in [-0.4, -0.2) is 29.9 Å². The molecule has 106 valence electrons. The van der Waals surface area contributed by atoms with Crippen molar-refractivity contribution in [2.75, 3.05) is 13.1 Å². The number of hydrogen-bond acceptors (Lipinski definition) is 2. The molecule has 20 heavy (non-hydrogen) atoms. The first kappa shape index (κ1) is 14.5. The lowest BCUT2D eigenvalue weighted by Crippen LogP contribution is -2.42. The number of hydrogen-bond donors (Lipinski definition) is 1. The predicted octanol–water partition coefficient (Wildman–Crippen LogP) is 2.15. The molecule has 0 spiro atoms. The molecule has 1 atom stereocenters. The highest BCUT2D eigenvalue weighted by atomic mass is 19.1. The van der Waals surface area contributed by atoms with Gasteiger partial charge in [0, 0.05) is 18.2 Å². The Morgan fingerprint density at radius 3 is 2.95 bits per heavy atom. The Kier molecular flexibility index (Phi) is 4.75. The van der Waals surface area contributed by atoms with Gasteiger partial charge in [0.25, 0.3) is 5.91 Å². The number of piperidine rings is 1. The van der Waals surface area contributed by atoms with E-state index in [1.54, 1.807) is 12.1 Å². The molecule has 1 aliphatic rings. The largest absolute Gasteiger partial charge is 0.336 e. The summed E-state index contributed by atoms with van der Waals surface area (Å²) in [6, 6.07) is 4.66. The zero-order valence-electron chi connectivity index (χ0n) is 11.7. The summed E-state index contributed by atoms with van der Waals surface area (Å²) in [6.45, 7) is 2.97. The molecule has 0 saturated carbocycles. The second-order valence-electron chi connectivity index (χ2n) is 5.04. The van der Waals surface area contributed by atoms with Crippen molar-refractivity contribution in [2.24, 2.45) is 5.73 Å². The standard InChI is InChI=1S/C16H19FN2O/c1-12-5-2-3-10-19(12)16(20)14-8-7-13(6-4-9-18)15(17)11-14/h7-8,11-12H,2-3,5,9-10,18H2,1H3. The lowest BCUT2D eigenvalue weighted by Gasteiger charge is -2.33. The van der Waals surface area contributed by atoms with E-state index in [9.17, 15) is 9.18 Å². The first-order chi connectivity index (χ1) is 9.63. The van der Waals surface area contributed by atoms with E-state index >= 15 is 0 Å². The Labute approximate surface area is 119 Å². The molecule has 0 aromatic heterocycles. The molecule has 1 saturated heterocycles. The first-order valence-electron chi connectivity index (χ1n) is 6.93. The van der Waals surface area contributed by atoms with Gasteiger partial charge in [-0.1, -0.05) is 11.8 Å². The normalized spacial score (nSPS) is 18.4. The van der Waals surface area contributed by atoms with Crippen molar-refractivity contribution in [1.82, 2.24) is 4.90 Å². The highest BCUT2D eigenvalue weighted by molar-refractivity contribution is 5.94. The zero-order valence-corrected chi connectivity index (χ0v) is 11.7. The first-order valence-corrected chi connectivity index (χ1v) is 6.93. The van der Waals surface area contributed by atoms with E-state index in [0.29, 0.717) is 5.56 Å². The molecular weight excluding hydrogens is 255 g/mol. The van der Waals surface area contributed by atoms with Gasteiger partial charge in [0.1, 0.15) is 5.82 Å². The number of likely N-dealkylation sites (tertiary alicyclic amines) is 1. The molecule has 2 rings (SSSR count).